The summed E-state index contributed by atoms with van der Waals surface area (Å²) in [5.41, 5.74) is 1.93. The number of carbonyl (C=O) groups is 3. The Hall–Kier alpha value is -2.95. The van der Waals surface area contributed by atoms with Gasteiger partial charge in [0.25, 0.3) is 5.91 Å². The van der Waals surface area contributed by atoms with E-state index in [1.165, 1.54) is 31.2 Å². The molecule has 0 bridgehead atoms. The SMILES string of the molecule is CC[C@H](CNC(=O)[C@H](C)OC(=O)c1ccc(C=O)cc1)c1ccccc1. The normalized spacial score (nSPS) is 12.7. The number of carbonyl (C=O) groups excluding carboxylic acids is 3. The Bertz CT molecular complexity index is 740. The number of nitrogens with one attached hydrogen (secondary N) is 1. The zero-order valence-corrected chi connectivity index (χ0v) is 15.0. The standard InChI is InChI=1S/C21H23NO4/c1-3-17(18-7-5-4-6-8-18)13-22-20(24)15(2)26-21(25)19-11-9-16(14-23)10-12-19/h4-12,14-15,17H,3,13H2,1-2H3,(H,22,24)/t15-,17+/m0/s1. The summed E-state index contributed by atoms with van der Waals surface area (Å²) in [6, 6.07) is 16.0. The van der Waals surface area contributed by atoms with Crippen LogP contribution >= 0.6 is 0 Å². The summed E-state index contributed by atoms with van der Waals surface area (Å²) in [6.07, 6.45) is 0.686. The summed E-state index contributed by atoms with van der Waals surface area (Å²) < 4.78 is 5.20. The van der Waals surface area contributed by atoms with E-state index >= 15 is 0 Å². The lowest BCUT2D eigenvalue weighted by Gasteiger charge is -2.18. The fraction of sp³-hybridized carbons (Fsp3) is 0.286. The van der Waals surface area contributed by atoms with Gasteiger partial charge >= 0.3 is 5.97 Å². The van der Waals surface area contributed by atoms with Crippen LogP contribution in [-0.2, 0) is 9.53 Å². The summed E-state index contributed by atoms with van der Waals surface area (Å²) in [7, 11) is 0. The molecule has 0 spiro atoms. The molecule has 0 heterocycles. The lowest BCUT2D eigenvalue weighted by molar-refractivity contribution is -0.129. The van der Waals surface area contributed by atoms with Crippen LogP contribution in [0, 0.1) is 0 Å². The molecule has 0 fully saturated rings. The topological polar surface area (TPSA) is 72.5 Å². The van der Waals surface area contributed by atoms with Gasteiger partial charge in [-0.1, -0.05) is 49.4 Å². The van der Waals surface area contributed by atoms with E-state index in [1.54, 1.807) is 0 Å². The molecule has 136 valence electrons. The van der Waals surface area contributed by atoms with Crippen molar-refractivity contribution in [2.75, 3.05) is 6.54 Å². The third-order valence-corrected chi connectivity index (χ3v) is 4.22. The van der Waals surface area contributed by atoms with Gasteiger partial charge in [0.05, 0.1) is 5.56 Å². The summed E-state index contributed by atoms with van der Waals surface area (Å²) in [5.74, 6) is -0.726. The highest BCUT2D eigenvalue weighted by Crippen LogP contribution is 2.18. The molecule has 1 N–H and O–H groups in total. The highest BCUT2D eigenvalue weighted by atomic mass is 16.5. The number of benzene rings is 2. The van der Waals surface area contributed by atoms with Gasteiger partial charge in [0.15, 0.2) is 6.10 Å². The van der Waals surface area contributed by atoms with E-state index in [0.29, 0.717) is 24.0 Å². The smallest absolute Gasteiger partial charge is 0.338 e. The van der Waals surface area contributed by atoms with E-state index < -0.39 is 12.1 Å². The second kappa shape index (κ2) is 9.51. The zero-order valence-electron chi connectivity index (χ0n) is 15.0. The first kappa shape index (κ1) is 19.4. The van der Waals surface area contributed by atoms with Gasteiger partial charge in [0, 0.05) is 18.0 Å². The van der Waals surface area contributed by atoms with Gasteiger partial charge < -0.3 is 10.1 Å². The van der Waals surface area contributed by atoms with Gasteiger partial charge in [-0.15, -0.1) is 0 Å². The van der Waals surface area contributed by atoms with Crippen molar-refractivity contribution in [2.45, 2.75) is 32.3 Å². The molecular formula is C21H23NO4. The van der Waals surface area contributed by atoms with Gasteiger partial charge in [-0.25, -0.2) is 4.79 Å². The van der Waals surface area contributed by atoms with Gasteiger partial charge in [0.2, 0.25) is 0 Å². The summed E-state index contributed by atoms with van der Waals surface area (Å²) in [5, 5.41) is 2.84. The molecule has 26 heavy (non-hydrogen) atoms. The molecule has 0 aromatic heterocycles. The van der Waals surface area contributed by atoms with Crippen LogP contribution in [0.5, 0.6) is 0 Å². The fourth-order valence-corrected chi connectivity index (χ4v) is 2.57. The molecule has 0 unspecified atom stereocenters. The number of rotatable bonds is 8. The van der Waals surface area contributed by atoms with Crippen LogP contribution in [0.2, 0.25) is 0 Å². The monoisotopic (exact) mass is 353 g/mol. The summed E-state index contributed by atoms with van der Waals surface area (Å²) >= 11 is 0. The second-order valence-electron chi connectivity index (χ2n) is 6.05. The lowest BCUT2D eigenvalue weighted by Crippen LogP contribution is -2.38. The average Bonchev–Trinajstić information content (AvgIpc) is 2.69. The van der Waals surface area contributed by atoms with E-state index in [9.17, 15) is 14.4 Å². The largest absolute Gasteiger partial charge is 0.449 e. The fourth-order valence-electron chi connectivity index (χ4n) is 2.57. The minimum atomic E-state index is -0.901. The highest BCUT2D eigenvalue weighted by molar-refractivity contribution is 5.92. The highest BCUT2D eigenvalue weighted by Gasteiger charge is 2.20. The minimum Gasteiger partial charge on any atom is -0.449 e. The Morgan fingerprint density at radius 2 is 1.73 bits per heavy atom. The maximum absolute atomic E-state index is 12.2. The number of hydrogen-bond donors (Lipinski definition) is 1. The molecule has 0 saturated heterocycles. The Balaban J connectivity index is 1.88. The first-order valence-electron chi connectivity index (χ1n) is 8.64. The number of esters is 1. The Morgan fingerprint density at radius 3 is 2.31 bits per heavy atom. The van der Waals surface area contributed by atoms with Crippen LogP contribution in [0.25, 0.3) is 0 Å². The molecule has 0 saturated carbocycles. The van der Waals surface area contributed by atoms with Crippen molar-refractivity contribution >= 4 is 18.2 Å². The predicted molar refractivity (Wildman–Crippen MR) is 99.2 cm³/mol. The van der Waals surface area contributed by atoms with Crippen molar-refractivity contribution < 1.29 is 19.1 Å². The third-order valence-electron chi connectivity index (χ3n) is 4.22. The molecule has 1 amide bonds. The lowest BCUT2D eigenvalue weighted by atomic mass is 9.96. The minimum absolute atomic E-state index is 0.207. The first-order chi connectivity index (χ1) is 12.5. The van der Waals surface area contributed by atoms with Gasteiger partial charge in [-0.2, -0.15) is 0 Å². The molecule has 0 aliphatic heterocycles. The molecule has 2 atom stereocenters. The number of amides is 1. The zero-order chi connectivity index (χ0) is 18.9. The van der Waals surface area contributed by atoms with Gasteiger partial charge in [-0.05, 0) is 31.0 Å². The van der Waals surface area contributed by atoms with Gasteiger partial charge in [0.1, 0.15) is 6.29 Å². The van der Waals surface area contributed by atoms with E-state index in [2.05, 4.69) is 12.2 Å². The third kappa shape index (κ3) is 5.28. The number of ether oxygens (including phenoxy) is 1. The van der Waals surface area contributed by atoms with Crippen LogP contribution in [0.15, 0.2) is 54.6 Å². The molecule has 0 aliphatic rings. The van der Waals surface area contributed by atoms with Crippen LogP contribution in [0.4, 0.5) is 0 Å². The maximum atomic E-state index is 12.2. The van der Waals surface area contributed by atoms with Crippen molar-refractivity contribution in [3.8, 4) is 0 Å². The maximum Gasteiger partial charge on any atom is 0.338 e. The molecule has 5 nitrogen and oxygen atoms in total. The van der Waals surface area contributed by atoms with E-state index in [1.807, 2.05) is 30.3 Å². The number of aldehydes is 1. The van der Waals surface area contributed by atoms with E-state index in [-0.39, 0.29) is 11.8 Å². The summed E-state index contributed by atoms with van der Waals surface area (Å²) in [4.78, 5) is 35.0. The van der Waals surface area contributed by atoms with Crippen molar-refractivity contribution in [2.24, 2.45) is 0 Å². The predicted octanol–water partition coefficient (Wildman–Crippen LogP) is 3.35. The van der Waals surface area contributed by atoms with Crippen LogP contribution in [0.3, 0.4) is 0 Å². The molecule has 5 heteroatoms. The van der Waals surface area contributed by atoms with Crippen molar-refractivity contribution in [3.05, 3.63) is 71.3 Å². The summed E-state index contributed by atoms with van der Waals surface area (Å²) in [6.45, 7) is 4.09. The van der Waals surface area contributed by atoms with E-state index in [0.717, 1.165) is 12.0 Å². The molecule has 2 aromatic rings. The molecule has 2 rings (SSSR count). The average molecular weight is 353 g/mol. The molecule has 0 radical (unpaired) electrons. The van der Waals surface area contributed by atoms with Crippen LogP contribution in [-0.4, -0.2) is 30.8 Å². The Morgan fingerprint density at radius 1 is 1.08 bits per heavy atom. The molecule has 2 aromatic carbocycles. The first-order valence-corrected chi connectivity index (χ1v) is 8.64. The van der Waals surface area contributed by atoms with E-state index in [4.69, 9.17) is 4.74 Å². The molecular weight excluding hydrogens is 330 g/mol. The Labute approximate surface area is 153 Å². The van der Waals surface area contributed by atoms with Crippen molar-refractivity contribution in [1.29, 1.82) is 0 Å². The quantitative estimate of drug-likeness (QED) is 0.583. The van der Waals surface area contributed by atoms with Gasteiger partial charge in [-0.3, -0.25) is 9.59 Å². The second-order valence-corrected chi connectivity index (χ2v) is 6.05. The number of hydrogen-bond acceptors (Lipinski definition) is 4. The van der Waals surface area contributed by atoms with Crippen molar-refractivity contribution in [1.82, 2.24) is 5.32 Å². The molecule has 0 aliphatic carbocycles. The van der Waals surface area contributed by atoms with Crippen LogP contribution < -0.4 is 5.32 Å². The Kier molecular flexibility index (Phi) is 7.09. The van der Waals surface area contributed by atoms with Crippen LogP contribution in [0.1, 0.15) is 52.5 Å². The van der Waals surface area contributed by atoms with Crippen molar-refractivity contribution in [3.63, 3.8) is 0 Å².